The Labute approximate surface area is 206 Å². The van der Waals surface area contributed by atoms with Crippen LogP contribution < -0.4 is 15.8 Å². The minimum atomic E-state index is -1.40. The van der Waals surface area contributed by atoms with Crippen LogP contribution in [0.15, 0.2) is 30.3 Å². The van der Waals surface area contributed by atoms with E-state index in [-0.39, 0.29) is 35.0 Å². The monoisotopic (exact) mass is 515 g/mol. The number of aliphatic hydroxyl groups excluding tert-OH is 1. The molecule has 0 saturated carbocycles. The van der Waals surface area contributed by atoms with E-state index in [0.29, 0.717) is 17.7 Å². The first kappa shape index (κ1) is 29.0. The van der Waals surface area contributed by atoms with Gasteiger partial charge < -0.3 is 26.0 Å². The van der Waals surface area contributed by atoms with Crippen molar-refractivity contribution in [1.82, 2.24) is 5.32 Å². The molecule has 1 atom stereocenters. The number of carbonyl (C=O) groups excluding carboxylic acids is 2. The molecule has 0 aliphatic rings. The van der Waals surface area contributed by atoms with Gasteiger partial charge in [0.05, 0.1) is 17.6 Å². The van der Waals surface area contributed by atoms with Gasteiger partial charge in [0.15, 0.2) is 0 Å². The number of nitrogen functional groups attached to an aromatic ring is 1. The van der Waals surface area contributed by atoms with E-state index < -0.39 is 47.6 Å². The van der Waals surface area contributed by atoms with E-state index >= 15 is 0 Å². The van der Waals surface area contributed by atoms with Crippen molar-refractivity contribution in [3.8, 4) is 5.75 Å². The number of aliphatic carboxylic acids is 1. The number of esters is 1. The van der Waals surface area contributed by atoms with Crippen molar-refractivity contribution in [2.45, 2.75) is 39.2 Å². The molecule has 0 unspecified atom stereocenters. The van der Waals surface area contributed by atoms with Crippen LogP contribution in [-0.2, 0) is 16.0 Å². The molecule has 2 aromatic rings. The lowest BCUT2D eigenvalue weighted by Crippen LogP contribution is -2.50. The number of hydrogen-bond donors (Lipinski definition) is 5. The third kappa shape index (κ3) is 6.75. The van der Waals surface area contributed by atoms with Crippen molar-refractivity contribution in [1.29, 1.82) is 5.41 Å². The highest BCUT2D eigenvalue weighted by molar-refractivity contribution is 7.14. The summed E-state index contributed by atoms with van der Waals surface area (Å²) in [5.41, 5.74) is 4.24. The number of rotatable bonds is 11. The van der Waals surface area contributed by atoms with E-state index in [2.05, 4.69) is 5.32 Å². The molecule has 1 heterocycles. The van der Waals surface area contributed by atoms with Gasteiger partial charge in [-0.25, -0.2) is 14.0 Å². The molecule has 0 radical (unpaired) electrons. The van der Waals surface area contributed by atoms with Gasteiger partial charge in [0, 0.05) is 10.9 Å². The molecule has 0 saturated heterocycles. The van der Waals surface area contributed by atoms with Crippen LogP contribution in [0.4, 0.5) is 4.39 Å². The van der Waals surface area contributed by atoms with Crippen LogP contribution >= 0.6 is 23.7 Å². The lowest BCUT2D eigenvalue weighted by atomic mass is 9.77. The molecule has 0 aliphatic heterocycles. The summed E-state index contributed by atoms with van der Waals surface area (Å²) in [6.45, 7) is 2.88. The summed E-state index contributed by atoms with van der Waals surface area (Å²) in [7, 11) is 0. The van der Waals surface area contributed by atoms with Crippen LogP contribution in [0.3, 0.4) is 0 Å². The Kier molecular flexibility index (Phi) is 10.6. The van der Waals surface area contributed by atoms with Gasteiger partial charge in [0.1, 0.15) is 28.3 Å². The number of amidine groups is 1. The third-order valence-electron chi connectivity index (χ3n) is 5.44. The molecule has 9 nitrogen and oxygen atoms in total. The Morgan fingerprint density at radius 3 is 2.38 bits per heavy atom. The fourth-order valence-electron chi connectivity index (χ4n) is 3.25. The van der Waals surface area contributed by atoms with E-state index in [4.69, 9.17) is 21.0 Å². The molecule has 6 N–H and O–H groups in total. The summed E-state index contributed by atoms with van der Waals surface area (Å²) in [6.07, 6.45) is 1.07. The van der Waals surface area contributed by atoms with Gasteiger partial charge in [-0.15, -0.1) is 23.7 Å². The summed E-state index contributed by atoms with van der Waals surface area (Å²) < 4.78 is 19.2. The largest absolute Gasteiger partial charge is 0.480 e. The highest BCUT2D eigenvalue weighted by atomic mass is 35.5. The summed E-state index contributed by atoms with van der Waals surface area (Å²) in [5.74, 6) is -3.81. The number of halogens is 2. The van der Waals surface area contributed by atoms with E-state index in [1.165, 1.54) is 18.2 Å². The second kappa shape index (κ2) is 12.4. The van der Waals surface area contributed by atoms with Crippen molar-refractivity contribution >= 4 is 47.4 Å². The number of ether oxygens (including phenoxy) is 1. The van der Waals surface area contributed by atoms with Gasteiger partial charge >= 0.3 is 11.9 Å². The van der Waals surface area contributed by atoms with Gasteiger partial charge in [-0.05, 0) is 43.5 Å². The van der Waals surface area contributed by atoms with Gasteiger partial charge in [-0.3, -0.25) is 10.2 Å². The molecule has 1 aromatic heterocycles. The molecule has 1 aromatic carbocycles. The molecular formula is C22H27ClFN3O6S. The topological polar surface area (TPSA) is 163 Å². The number of hydrogen-bond acceptors (Lipinski definition) is 7. The van der Waals surface area contributed by atoms with Crippen molar-refractivity contribution in [3.63, 3.8) is 0 Å². The minimum Gasteiger partial charge on any atom is -0.480 e. The predicted octanol–water partition coefficient (Wildman–Crippen LogP) is 2.72. The number of nitrogens with two attached hydrogens (primary N) is 1. The number of carbonyl (C=O) groups is 3. The summed E-state index contributed by atoms with van der Waals surface area (Å²) >= 11 is 1.11. The maximum atomic E-state index is 14.0. The summed E-state index contributed by atoms with van der Waals surface area (Å²) in [4.78, 5) is 37.5. The highest BCUT2D eigenvalue weighted by Crippen LogP contribution is 2.34. The standard InChI is InChI=1S/C22H26FN3O6S.ClH/c1-3-22(4-2,21(31)26-16(11-27)19(28)29)10-13-6-8-17(33-13)20(30)32-12-5-7-14(18(24)25)15(23)9-12;/h5-9,16,27H,3-4,10-11H2,1-2H3,(H3,24,25)(H,26,31)(H,28,29);1H/t16-;/m0./s1. The van der Waals surface area contributed by atoms with Gasteiger partial charge in [0.25, 0.3) is 0 Å². The van der Waals surface area contributed by atoms with Gasteiger partial charge in [-0.1, -0.05) is 13.8 Å². The molecule has 12 heteroatoms. The number of carboxylic acid groups (broad SMARTS) is 1. The second-order valence-corrected chi connectivity index (χ2v) is 8.59. The lowest BCUT2D eigenvalue weighted by molar-refractivity contribution is -0.145. The maximum absolute atomic E-state index is 14.0. The average Bonchev–Trinajstić information content (AvgIpc) is 3.23. The zero-order chi connectivity index (χ0) is 24.8. The van der Waals surface area contributed by atoms with Crippen LogP contribution in [-0.4, -0.2) is 46.5 Å². The number of nitrogens with one attached hydrogen (secondary N) is 2. The SMILES string of the molecule is CCC(CC)(Cc1ccc(C(=O)Oc2ccc(C(=N)N)c(F)c2)s1)C(=O)N[C@@H](CO)C(=O)O.Cl. The van der Waals surface area contributed by atoms with Crippen molar-refractivity contribution < 1.29 is 33.7 Å². The number of carboxylic acids is 1. The zero-order valence-electron chi connectivity index (χ0n) is 18.6. The molecular weight excluding hydrogens is 489 g/mol. The van der Waals surface area contributed by atoms with E-state index in [1.54, 1.807) is 19.9 Å². The molecule has 34 heavy (non-hydrogen) atoms. The van der Waals surface area contributed by atoms with Crippen LogP contribution in [0, 0.1) is 16.6 Å². The summed E-state index contributed by atoms with van der Waals surface area (Å²) in [5, 5.41) is 28.0. The number of thiophene rings is 1. The van der Waals surface area contributed by atoms with E-state index in [0.717, 1.165) is 17.4 Å². The molecule has 0 spiro atoms. The lowest BCUT2D eigenvalue weighted by Gasteiger charge is -2.31. The van der Waals surface area contributed by atoms with E-state index in [1.807, 2.05) is 0 Å². The zero-order valence-corrected chi connectivity index (χ0v) is 20.2. The number of amides is 1. The molecule has 0 fully saturated rings. The normalized spacial score (nSPS) is 11.8. The second-order valence-electron chi connectivity index (χ2n) is 7.42. The average molecular weight is 516 g/mol. The van der Waals surface area contributed by atoms with Gasteiger partial charge in [-0.2, -0.15) is 0 Å². The van der Waals surface area contributed by atoms with Crippen molar-refractivity contribution in [2.75, 3.05) is 6.61 Å². The van der Waals surface area contributed by atoms with Crippen LogP contribution in [0.1, 0.15) is 46.8 Å². The molecule has 0 aliphatic carbocycles. The molecule has 1 amide bonds. The van der Waals surface area contributed by atoms with Crippen LogP contribution in [0.2, 0.25) is 0 Å². The quantitative estimate of drug-likeness (QED) is 0.133. The number of benzene rings is 1. The fourth-order valence-corrected chi connectivity index (χ4v) is 4.28. The Hall–Kier alpha value is -3.02. The van der Waals surface area contributed by atoms with Crippen molar-refractivity contribution in [2.24, 2.45) is 11.1 Å². The first-order chi connectivity index (χ1) is 15.6. The minimum absolute atomic E-state index is 0. The smallest absolute Gasteiger partial charge is 0.353 e. The fraction of sp³-hybridized carbons (Fsp3) is 0.364. The summed E-state index contributed by atoms with van der Waals surface area (Å²) in [6, 6.07) is 5.34. The number of aliphatic hydroxyl groups is 1. The third-order valence-corrected chi connectivity index (χ3v) is 6.50. The Morgan fingerprint density at radius 1 is 1.24 bits per heavy atom. The Balaban J connectivity index is 0.00000578. The van der Waals surface area contributed by atoms with Gasteiger partial charge in [0.2, 0.25) is 5.91 Å². The molecule has 2 rings (SSSR count). The Bertz CT molecular complexity index is 1060. The first-order valence-electron chi connectivity index (χ1n) is 10.2. The molecule has 0 bridgehead atoms. The molecule has 186 valence electrons. The van der Waals surface area contributed by atoms with Crippen LogP contribution in [0.25, 0.3) is 0 Å². The predicted molar refractivity (Wildman–Crippen MR) is 127 cm³/mol. The highest BCUT2D eigenvalue weighted by Gasteiger charge is 2.37. The maximum Gasteiger partial charge on any atom is 0.353 e. The van der Waals surface area contributed by atoms with Crippen LogP contribution in [0.5, 0.6) is 5.75 Å². The Morgan fingerprint density at radius 2 is 1.88 bits per heavy atom. The van der Waals surface area contributed by atoms with Crippen molar-refractivity contribution in [3.05, 3.63) is 51.5 Å². The first-order valence-corrected chi connectivity index (χ1v) is 11.0. The van der Waals surface area contributed by atoms with E-state index in [9.17, 15) is 23.9 Å².